The third kappa shape index (κ3) is 4.61. The minimum atomic E-state index is -4.75. The highest BCUT2D eigenvalue weighted by atomic mass is 19.4. The van der Waals surface area contributed by atoms with Gasteiger partial charge in [-0.25, -0.2) is 0 Å². The molecule has 1 aromatic carbocycles. The van der Waals surface area contributed by atoms with Gasteiger partial charge < -0.3 is 15.2 Å². The van der Waals surface area contributed by atoms with E-state index in [4.69, 9.17) is 0 Å². The van der Waals surface area contributed by atoms with Gasteiger partial charge in [-0.1, -0.05) is 12.1 Å². The van der Waals surface area contributed by atoms with Crippen LogP contribution in [0.4, 0.5) is 18.9 Å². The second-order valence-electron chi connectivity index (χ2n) is 7.29. The van der Waals surface area contributed by atoms with Crippen molar-refractivity contribution in [3.63, 3.8) is 0 Å². The summed E-state index contributed by atoms with van der Waals surface area (Å²) in [6.07, 6.45) is 1.03. The minimum absolute atomic E-state index is 0.236. The number of aliphatic hydroxyl groups excluding tert-OH is 1. The van der Waals surface area contributed by atoms with Crippen LogP contribution in [-0.4, -0.2) is 38.7 Å². The number of aliphatic hydroxyl groups is 1. The minimum Gasteiger partial charge on any atom is -0.406 e. The molecule has 2 N–H and O–H groups in total. The first-order valence-electron chi connectivity index (χ1n) is 9.49. The molecule has 2 heterocycles. The molecule has 0 radical (unpaired) electrons. The van der Waals surface area contributed by atoms with E-state index in [9.17, 15) is 18.3 Å². The number of pyridine rings is 1. The van der Waals surface area contributed by atoms with E-state index in [2.05, 4.69) is 20.3 Å². The number of benzene rings is 1. The Balaban J connectivity index is 1.57. The van der Waals surface area contributed by atoms with Gasteiger partial charge in [0.05, 0.1) is 5.69 Å². The summed E-state index contributed by atoms with van der Waals surface area (Å²) in [7, 11) is 0. The number of anilines is 1. The highest BCUT2D eigenvalue weighted by molar-refractivity contribution is 5.63. The molecule has 0 atom stereocenters. The molecule has 1 aliphatic carbocycles. The largest absolute Gasteiger partial charge is 0.573 e. The van der Waals surface area contributed by atoms with Gasteiger partial charge in [0.1, 0.15) is 5.75 Å². The van der Waals surface area contributed by atoms with Crippen LogP contribution < -0.4 is 10.1 Å². The van der Waals surface area contributed by atoms with E-state index in [1.165, 1.54) is 18.2 Å². The molecule has 154 valence electrons. The summed E-state index contributed by atoms with van der Waals surface area (Å²) in [6, 6.07) is 9.73. The van der Waals surface area contributed by atoms with Gasteiger partial charge in [0, 0.05) is 24.4 Å². The van der Waals surface area contributed by atoms with E-state index in [-0.39, 0.29) is 12.4 Å². The average Bonchev–Trinajstić information content (AvgIpc) is 3.11. The van der Waals surface area contributed by atoms with Crippen molar-refractivity contribution in [2.45, 2.75) is 38.1 Å². The Bertz CT molecular complexity index is 981. The molecule has 0 bridgehead atoms. The predicted octanol–water partition coefficient (Wildman–Crippen LogP) is 4.26. The summed E-state index contributed by atoms with van der Waals surface area (Å²) in [5.41, 5.74) is 1.95. The van der Waals surface area contributed by atoms with Crippen LogP contribution in [0, 0.1) is 5.92 Å². The van der Waals surface area contributed by atoms with Crippen LogP contribution >= 0.6 is 0 Å². The summed E-state index contributed by atoms with van der Waals surface area (Å²) in [5.74, 6) is 0.508. The topological polar surface area (TPSA) is 71.7 Å². The first-order valence-corrected chi connectivity index (χ1v) is 9.49. The number of hydrogen-bond acceptors (Lipinski definition) is 5. The second-order valence-corrected chi connectivity index (χ2v) is 7.29. The number of hydrogen-bond donors (Lipinski definition) is 2. The van der Waals surface area contributed by atoms with Crippen LogP contribution in [0.1, 0.15) is 25.7 Å². The average molecular weight is 406 g/mol. The zero-order valence-corrected chi connectivity index (χ0v) is 15.6. The van der Waals surface area contributed by atoms with Crippen molar-refractivity contribution in [1.29, 1.82) is 0 Å². The van der Waals surface area contributed by atoms with Crippen molar-refractivity contribution in [2.24, 2.45) is 5.92 Å². The number of nitrogens with one attached hydrogen (secondary N) is 1. The fourth-order valence-corrected chi connectivity index (χ4v) is 3.73. The van der Waals surface area contributed by atoms with Gasteiger partial charge in [0.2, 0.25) is 0 Å². The van der Waals surface area contributed by atoms with E-state index < -0.39 is 6.36 Å². The summed E-state index contributed by atoms with van der Waals surface area (Å²) in [5, 5.41) is 21.0. The van der Waals surface area contributed by atoms with Crippen molar-refractivity contribution in [3.05, 3.63) is 42.6 Å². The molecule has 0 unspecified atom stereocenters. The van der Waals surface area contributed by atoms with Gasteiger partial charge in [-0.15, -0.1) is 23.4 Å². The molecular weight excluding hydrogens is 385 g/mol. The molecule has 2 aromatic heterocycles. The SMILES string of the molecule is OCC1CCC(Nc2ccc3nnc(-c4cccc(OC(F)(F)F)c4)n3c2)CC1. The smallest absolute Gasteiger partial charge is 0.406 e. The number of aromatic nitrogens is 3. The first kappa shape index (κ1) is 19.5. The Hall–Kier alpha value is -2.81. The lowest BCUT2D eigenvalue weighted by atomic mass is 9.86. The van der Waals surface area contributed by atoms with Crippen LogP contribution in [-0.2, 0) is 0 Å². The zero-order valence-electron chi connectivity index (χ0n) is 15.6. The van der Waals surface area contributed by atoms with Gasteiger partial charge in [-0.05, 0) is 55.9 Å². The number of halogens is 3. The molecule has 1 aliphatic rings. The molecule has 9 heteroatoms. The molecular formula is C20H21F3N4O2. The Kier molecular flexibility index (Phi) is 5.31. The lowest BCUT2D eigenvalue weighted by Crippen LogP contribution is -2.27. The first-order chi connectivity index (χ1) is 13.9. The Morgan fingerprint density at radius 3 is 2.62 bits per heavy atom. The van der Waals surface area contributed by atoms with E-state index in [0.29, 0.717) is 29.0 Å². The van der Waals surface area contributed by atoms with Gasteiger partial charge in [-0.3, -0.25) is 4.40 Å². The zero-order chi connectivity index (χ0) is 20.4. The van der Waals surface area contributed by atoms with Crippen molar-refractivity contribution in [2.75, 3.05) is 11.9 Å². The Morgan fingerprint density at radius 1 is 1.10 bits per heavy atom. The van der Waals surface area contributed by atoms with Crippen LogP contribution in [0.3, 0.4) is 0 Å². The monoisotopic (exact) mass is 406 g/mol. The van der Waals surface area contributed by atoms with Crippen molar-refractivity contribution in [1.82, 2.24) is 14.6 Å². The van der Waals surface area contributed by atoms with E-state index in [1.54, 1.807) is 10.5 Å². The van der Waals surface area contributed by atoms with Gasteiger partial charge in [0.25, 0.3) is 0 Å². The molecule has 6 nitrogen and oxygen atoms in total. The quantitative estimate of drug-likeness (QED) is 0.663. The van der Waals surface area contributed by atoms with Crippen LogP contribution in [0.15, 0.2) is 42.6 Å². The lowest BCUT2D eigenvalue weighted by Gasteiger charge is -2.28. The number of rotatable bonds is 5. The number of nitrogens with zero attached hydrogens (tertiary/aromatic N) is 3. The fourth-order valence-electron chi connectivity index (χ4n) is 3.73. The predicted molar refractivity (Wildman–Crippen MR) is 102 cm³/mol. The molecule has 3 aromatic rings. The van der Waals surface area contributed by atoms with Gasteiger partial charge in [-0.2, -0.15) is 0 Å². The van der Waals surface area contributed by atoms with Crippen molar-refractivity contribution < 1.29 is 23.0 Å². The van der Waals surface area contributed by atoms with Crippen LogP contribution in [0.5, 0.6) is 5.75 Å². The maximum Gasteiger partial charge on any atom is 0.573 e. The molecule has 0 amide bonds. The molecule has 29 heavy (non-hydrogen) atoms. The molecule has 0 spiro atoms. The highest BCUT2D eigenvalue weighted by Crippen LogP contribution is 2.29. The van der Waals surface area contributed by atoms with E-state index >= 15 is 0 Å². The summed E-state index contributed by atoms with van der Waals surface area (Å²) in [6.45, 7) is 0.236. The lowest BCUT2D eigenvalue weighted by molar-refractivity contribution is -0.274. The van der Waals surface area contributed by atoms with Crippen LogP contribution in [0.25, 0.3) is 17.0 Å². The van der Waals surface area contributed by atoms with Gasteiger partial charge in [0.15, 0.2) is 11.5 Å². The summed E-state index contributed by atoms with van der Waals surface area (Å²) in [4.78, 5) is 0. The van der Waals surface area contributed by atoms with Crippen LogP contribution in [0.2, 0.25) is 0 Å². The Morgan fingerprint density at radius 2 is 1.90 bits per heavy atom. The summed E-state index contributed by atoms with van der Waals surface area (Å²) >= 11 is 0. The fraction of sp³-hybridized carbons (Fsp3) is 0.400. The van der Waals surface area contributed by atoms with Crippen molar-refractivity contribution in [3.8, 4) is 17.1 Å². The van der Waals surface area contributed by atoms with Crippen molar-refractivity contribution >= 4 is 11.3 Å². The third-order valence-corrected chi connectivity index (χ3v) is 5.20. The molecule has 0 saturated heterocycles. The maximum absolute atomic E-state index is 12.5. The molecule has 4 rings (SSSR count). The highest BCUT2D eigenvalue weighted by Gasteiger charge is 2.31. The number of fused-ring (bicyclic) bond motifs is 1. The number of alkyl halides is 3. The molecule has 1 fully saturated rings. The normalized spacial score (nSPS) is 20.0. The molecule has 1 saturated carbocycles. The third-order valence-electron chi connectivity index (χ3n) is 5.20. The van der Waals surface area contributed by atoms with Gasteiger partial charge >= 0.3 is 6.36 Å². The standard InChI is InChI=1S/C20H21F3N4O2/c21-20(22,23)29-17-3-1-2-14(10-17)19-26-25-18-9-8-16(11-27(18)19)24-15-6-4-13(12-28)5-7-15/h1-3,8-11,13,15,24,28H,4-7,12H2. The second kappa shape index (κ2) is 7.90. The Labute approximate surface area is 165 Å². The summed E-state index contributed by atoms with van der Waals surface area (Å²) < 4.78 is 43.3. The maximum atomic E-state index is 12.5. The number of ether oxygens (including phenoxy) is 1. The van der Waals surface area contributed by atoms with E-state index in [1.807, 2.05) is 18.3 Å². The van der Waals surface area contributed by atoms with E-state index in [0.717, 1.165) is 31.4 Å². The molecule has 0 aliphatic heterocycles.